The quantitative estimate of drug-likeness (QED) is 0.0546. The zero-order valence-corrected chi connectivity index (χ0v) is 39.1. The zero-order chi connectivity index (χ0) is 46.7. The summed E-state index contributed by atoms with van der Waals surface area (Å²) in [5.41, 5.74) is 3.52. The number of fused-ring (bicyclic) bond motifs is 2. The Morgan fingerprint density at radius 3 is 2.38 bits per heavy atom. The third-order valence-electron chi connectivity index (χ3n) is 13.8. The molecule has 3 aromatic carbocycles. The number of nitrogens with zero attached hydrogens (tertiary/aromatic N) is 2. The fraction of sp³-hybridized carbons (Fsp3) is 0.537. The smallest absolute Gasteiger partial charge is 0.412 e. The number of aliphatic hydroxyl groups excluding tert-OH is 2. The van der Waals surface area contributed by atoms with Crippen LogP contribution < -0.4 is 14.8 Å². The Labute approximate surface area is 390 Å². The molecule has 1 heterocycles. The zero-order valence-electron chi connectivity index (χ0n) is 39.1. The molecule has 2 saturated carbocycles. The monoisotopic (exact) mass is 908 g/mol. The molecule has 12 heteroatoms. The van der Waals surface area contributed by atoms with Gasteiger partial charge in [-0.3, -0.25) is 4.79 Å². The minimum absolute atomic E-state index is 0.0207. The molecule has 66 heavy (non-hydrogen) atoms. The van der Waals surface area contributed by atoms with Crippen LogP contribution in [0.2, 0.25) is 0 Å². The van der Waals surface area contributed by atoms with E-state index in [9.17, 15) is 19.4 Å². The van der Waals surface area contributed by atoms with E-state index in [1.807, 2.05) is 68.1 Å². The van der Waals surface area contributed by atoms with Crippen LogP contribution in [0.1, 0.15) is 127 Å². The van der Waals surface area contributed by atoms with E-state index in [1.54, 1.807) is 24.3 Å². The summed E-state index contributed by atoms with van der Waals surface area (Å²) in [5.74, 6) is -1.35. The standard InChI is InChI=1S/C54H70FN3O8/c1-5-31-63-54-48(58(36-39-21-24-41(55)25-22-39)49(61)28-23-37-15-9-10-16-37)34-46(57-66-53(2,3)4)44-32-40(19-11-13-29-59)43(20-12-14-30-60)50(51(44)54)45-33-42(26-27-47(45)65-54)64-52(62)56-35-38-17-7-6-8-18-38/h5-8,17-18,21-22,24-27,32-33,37,40,43,48,50-51,59-60H,1,9-16,19-20,23,28-31,34-36H2,2-4H3,(H,56,62)/t40-,43+,48-,50+,51+,54+/m0/s1. The van der Waals surface area contributed by atoms with Crippen LogP contribution >= 0.6 is 0 Å². The summed E-state index contributed by atoms with van der Waals surface area (Å²) in [4.78, 5) is 36.7. The van der Waals surface area contributed by atoms with Crippen molar-refractivity contribution in [3.8, 4) is 11.5 Å². The first kappa shape index (κ1) is 48.9. The molecule has 4 aliphatic rings. The fourth-order valence-electron chi connectivity index (χ4n) is 10.7. The Morgan fingerprint density at radius 1 is 0.955 bits per heavy atom. The molecule has 0 saturated heterocycles. The van der Waals surface area contributed by atoms with Crippen LogP contribution in [-0.4, -0.2) is 70.1 Å². The average molecular weight is 908 g/mol. The molecule has 3 N–H and O–H groups in total. The lowest BCUT2D eigenvalue weighted by Gasteiger charge is -2.60. The predicted octanol–water partition coefficient (Wildman–Crippen LogP) is 10.5. The highest BCUT2D eigenvalue weighted by atomic mass is 19.1. The molecule has 7 rings (SSSR count). The van der Waals surface area contributed by atoms with Gasteiger partial charge in [0, 0.05) is 50.6 Å². The summed E-state index contributed by atoms with van der Waals surface area (Å²) in [6.45, 7) is 10.7. The molecule has 1 aliphatic heterocycles. The summed E-state index contributed by atoms with van der Waals surface area (Å²) in [5, 5.41) is 27.8. The minimum atomic E-state index is -1.47. The van der Waals surface area contributed by atoms with Crippen molar-refractivity contribution in [2.75, 3.05) is 19.8 Å². The SMILES string of the molecule is C=CCO[C@@]12Oc3ccc(OC(=O)NCc4ccccc4)cc3[C@H]3[C@H](CCCCO)[C@@H](CCCCO)C=C(C(=NOC(C)(C)C)C[C@@H]1N(Cc1ccc(F)cc1)C(=O)CCC1CCCC1)[C@H]32. The summed E-state index contributed by atoms with van der Waals surface area (Å²) in [6.07, 6.45) is 13.7. The second-order valence-corrected chi connectivity index (χ2v) is 19.5. The lowest BCUT2D eigenvalue weighted by Crippen LogP contribution is -2.70. The van der Waals surface area contributed by atoms with Gasteiger partial charge in [-0.15, -0.1) is 6.58 Å². The van der Waals surface area contributed by atoms with Crippen LogP contribution in [0.4, 0.5) is 9.18 Å². The number of hydrogen-bond acceptors (Lipinski definition) is 9. The first-order chi connectivity index (χ1) is 31.9. The largest absolute Gasteiger partial charge is 0.459 e. The first-order valence-corrected chi connectivity index (χ1v) is 24.2. The van der Waals surface area contributed by atoms with E-state index >= 15 is 4.79 Å². The van der Waals surface area contributed by atoms with E-state index in [1.165, 1.54) is 25.0 Å². The van der Waals surface area contributed by atoms with Gasteiger partial charge in [0.05, 0.1) is 18.2 Å². The van der Waals surface area contributed by atoms with Crippen LogP contribution in [0.25, 0.3) is 0 Å². The maximum absolute atomic E-state index is 15.1. The molecular formula is C54H70FN3O8. The van der Waals surface area contributed by atoms with E-state index < -0.39 is 29.4 Å². The van der Waals surface area contributed by atoms with Gasteiger partial charge in [-0.05, 0) is 118 Å². The van der Waals surface area contributed by atoms with Gasteiger partial charge >= 0.3 is 6.09 Å². The lowest BCUT2D eigenvalue weighted by atomic mass is 9.55. The van der Waals surface area contributed by atoms with E-state index in [0.717, 1.165) is 67.2 Å². The van der Waals surface area contributed by atoms with E-state index in [-0.39, 0.29) is 62.3 Å². The molecule has 11 nitrogen and oxygen atoms in total. The summed E-state index contributed by atoms with van der Waals surface area (Å²) in [6, 6.07) is 20.7. The fourth-order valence-corrected chi connectivity index (χ4v) is 10.7. The molecule has 2 amide bonds. The van der Waals surface area contributed by atoms with Gasteiger partial charge in [0.1, 0.15) is 29.0 Å². The van der Waals surface area contributed by atoms with Crippen molar-refractivity contribution in [3.05, 3.63) is 120 Å². The Bertz CT molecular complexity index is 2150. The topological polar surface area (TPSA) is 139 Å². The molecule has 0 spiro atoms. The minimum Gasteiger partial charge on any atom is -0.459 e. The molecular weight excluding hydrogens is 838 g/mol. The number of aliphatic hydroxyl groups is 2. The van der Waals surface area contributed by atoms with Crippen LogP contribution in [-0.2, 0) is 27.5 Å². The summed E-state index contributed by atoms with van der Waals surface area (Å²) >= 11 is 0. The van der Waals surface area contributed by atoms with Gasteiger partial charge in [0.2, 0.25) is 11.7 Å². The van der Waals surface area contributed by atoms with E-state index in [2.05, 4.69) is 18.0 Å². The summed E-state index contributed by atoms with van der Waals surface area (Å²) < 4.78 is 35.0. The Morgan fingerprint density at radius 2 is 1.68 bits per heavy atom. The van der Waals surface area contributed by atoms with Gasteiger partial charge in [-0.1, -0.05) is 98.3 Å². The Balaban J connectivity index is 1.40. The number of benzene rings is 3. The second kappa shape index (κ2) is 22.6. The number of carbonyl (C=O) groups is 2. The molecule has 0 radical (unpaired) electrons. The van der Waals surface area contributed by atoms with E-state index in [4.69, 9.17) is 24.2 Å². The first-order valence-electron chi connectivity index (χ1n) is 24.2. The number of unbranched alkanes of at least 4 members (excludes halogenated alkanes) is 2. The Kier molecular flexibility index (Phi) is 16.8. The van der Waals surface area contributed by atoms with Crippen molar-refractivity contribution in [2.24, 2.45) is 28.8 Å². The van der Waals surface area contributed by atoms with Gasteiger partial charge in [-0.2, -0.15) is 0 Å². The van der Waals surface area contributed by atoms with Crippen molar-refractivity contribution in [1.82, 2.24) is 10.2 Å². The number of oxime groups is 1. The average Bonchev–Trinajstić information content (AvgIpc) is 3.84. The van der Waals surface area contributed by atoms with Crippen LogP contribution in [0.15, 0.2) is 102 Å². The normalized spacial score (nSPS) is 24.1. The van der Waals surface area contributed by atoms with Gasteiger partial charge in [0.15, 0.2) is 0 Å². The highest BCUT2D eigenvalue weighted by Crippen LogP contribution is 2.62. The molecule has 0 unspecified atom stereocenters. The van der Waals surface area contributed by atoms with Crippen LogP contribution in [0, 0.1) is 29.5 Å². The van der Waals surface area contributed by atoms with Crippen molar-refractivity contribution in [2.45, 2.75) is 141 Å². The lowest BCUT2D eigenvalue weighted by molar-refractivity contribution is -0.258. The van der Waals surface area contributed by atoms with Crippen molar-refractivity contribution < 1.29 is 43.2 Å². The Hall–Kier alpha value is -5.04. The third kappa shape index (κ3) is 11.9. The molecule has 3 aromatic rings. The molecule has 3 aliphatic carbocycles. The van der Waals surface area contributed by atoms with E-state index in [0.29, 0.717) is 48.9 Å². The number of rotatable bonds is 21. The number of amides is 2. The highest BCUT2D eigenvalue weighted by Gasteiger charge is 2.65. The number of halogens is 1. The third-order valence-corrected chi connectivity index (χ3v) is 13.8. The number of ether oxygens (including phenoxy) is 3. The molecule has 356 valence electrons. The highest BCUT2D eigenvalue weighted by molar-refractivity contribution is 6.03. The summed E-state index contributed by atoms with van der Waals surface area (Å²) in [7, 11) is 0. The van der Waals surface area contributed by atoms with Crippen molar-refractivity contribution in [3.63, 3.8) is 0 Å². The second-order valence-electron chi connectivity index (χ2n) is 19.5. The number of nitrogens with one attached hydrogen (secondary N) is 1. The van der Waals surface area contributed by atoms with Crippen LogP contribution in [0.3, 0.4) is 0 Å². The maximum atomic E-state index is 15.1. The van der Waals surface area contributed by atoms with Crippen LogP contribution in [0.5, 0.6) is 11.5 Å². The van der Waals surface area contributed by atoms with Gasteiger partial charge < -0.3 is 39.5 Å². The van der Waals surface area contributed by atoms with Crippen molar-refractivity contribution in [1.29, 1.82) is 0 Å². The molecule has 0 bridgehead atoms. The molecule has 6 atom stereocenters. The maximum Gasteiger partial charge on any atom is 0.412 e. The molecule has 2 fully saturated rings. The van der Waals surface area contributed by atoms with Gasteiger partial charge in [-0.25, -0.2) is 9.18 Å². The van der Waals surface area contributed by atoms with Crippen molar-refractivity contribution >= 4 is 17.7 Å². The molecule has 0 aromatic heterocycles. The van der Waals surface area contributed by atoms with Gasteiger partial charge in [0.25, 0.3) is 0 Å². The number of hydrogen-bond donors (Lipinski definition) is 3. The number of carbonyl (C=O) groups excluding carboxylic acids is 2. The predicted molar refractivity (Wildman–Crippen MR) is 253 cm³/mol. The number of allylic oxidation sites excluding steroid dienone is 1.